The fourth-order valence-electron chi connectivity index (χ4n) is 5.24. The Labute approximate surface area is 212 Å². The molecule has 0 spiro atoms. The molecule has 192 valence electrons. The van der Waals surface area contributed by atoms with Crippen LogP contribution in [0.1, 0.15) is 54.9 Å². The lowest BCUT2D eigenvalue weighted by Crippen LogP contribution is -2.22. The van der Waals surface area contributed by atoms with Crippen LogP contribution in [0.3, 0.4) is 0 Å². The lowest BCUT2D eigenvalue weighted by atomic mass is 9.97. The molecule has 2 N–H and O–H groups in total. The lowest BCUT2D eigenvalue weighted by molar-refractivity contribution is -0.143. The highest BCUT2D eigenvalue weighted by Gasteiger charge is 2.26. The molecule has 36 heavy (non-hydrogen) atoms. The summed E-state index contributed by atoms with van der Waals surface area (Å²) in [7, 11) is 1.61. The molecule has 1 saturated heterocycles. The monoisotopic (exact) mass is 492 g/mol. The number of aryl methyl sites for hydroxylation is 1. The van der Waals surface area contributed by atoms with Crippen molar-refractivity contribution in [3.63, 3.8) is 0 Å². The summed E-state index contributed by atoms with van der Waals surface area (Å²) in [5, 5.41) is 14.2. The Bertz CT molecular complexity index is 1190. The number of phenolic OH excluding ortho intramolecular Hbond substituents is 1. The van der Waals surface area contributed by atoms with Crippen molar-refractivity contribution in [2.24, 2.45) is 5.92 Å². The lowest BCUT2D eigenvalue weighted by Gasteiger charge is -2.16. The molecule has 1 aliphatic heterocycles. The van der Waals surface area contributed by atoms with E-state index in [1.54, 1.807) is 19.2 Å². The molecule has 2 aromatic carbocycles. The highest BCUT2D eigenvalue weighted by Crippen LogP contribution is 2.39. The van der Waals surface area contributed by atoms with Gasteiger partial charge in [-0.1, -0.05) is 30.3 Å². The Morgan fingerprint density at radius 3 is 2.72 bits per heavy atom. The second-order valence-corrected chi connectivity index (χ2v) is 9.44. The third-order valence-electron chi connectivity index (χ3n) is 7.00. The van der Waals surface area contributed by atoms with E-state index in [-0.39, 0.29) is 17.6 Å². The number of hydrogen-bond acceptors (Lipinski definition) is 6. The maximum atomic E-state index is 12.9. The number of aromatic hydroxyl groups is 1. The fourth-order valence-corrected chi connectivity index (χ4v) is 5.24. The molecule has 1 atom stereocenters. The first-order valence-corrected chi connectivity index (χ1v) is 12.9. The molecule has 1 amide bonds. The van der Waals surface area contributed by atoms with Crippen LogP contribution in [-0.2, 0) is 16.0 Å². The van der Waals surface area contributed by atoms with Gasteiger partial charge in [-0.25, -0.2) is 0 Å². The Morgan fingerprint density at radius 1 is 1.17 bits per heavy atom. The van der Waals surface area contributed by atoms with Crippen molar-refractivity contribution in [2.45, 2.75) is 45.4 Å². The van der Waals surface area contributed by atoms with Gasteiger partial charge in [0.15, 0.2) is 0 Å². The van der Waals surface area contributed by atoms with Gasteiger partial charge in [0.05, 0.1) is 12.2 Å². The average molecular weight is 493 g/mol. The van der Waals surface area contributed by atoms with Crippen LogP contribution in [0.25, 0.3) is 22.3 Å². The van der Waals surface area contributed by atoms with Gasteiger partial charge in [0.2, 0.25) is 0 Å². The normalized spacial score (nSPS) is 15.9. The van der Waals surface area contributed by atoms with E-state index in [4.69, 9.17) is 9.15 Å². The zero-order valence-electron chi connectivity index (χ0n) is 21.2. The summed E-state index contributed by atoms with van der Waals surface area (Å²) in [6, 6.07) is 13.0. The summed E-state index contributed by atoms with van der Waals surface area (Å²) in [5.41, 5.74) is 2.64. The number of rotatable bonds is 11. The molecule has 0 aliphatic carbocycles. The standard InChI is InChI=1S/C29H36N2O5/c1-3-35-25(33)13-7-9-20-16-18-31(19-20)17-8-12-22-23(32)14-15-24-26(22)27(29(34)30-2)28(36-24)21-10-5-4-6-11-21/h4-6,10-11,14-15,20,32H,3,7-9,12-13,16-19H2,1-2H3,(H,30,34). The van der Waals surface area contributed by atoms with E-state index < -0.39 is 0 Å². The maximum absolute atomic E-state index is 12.9. The van der Waals surface area contributed by atoms with Crippen LogP contribution in [-0.4, -0.2) is 55.2 Å². The molecular formula is C29H36N2O5. The third-order valence-corrected chi connectivity index (χ3v) is 7.00. The molecule has 1 aliphatic rings. The van der Waals surface area contributed by atoms with Crippen molar-refractivity contribution in [1.29, 1.82) is 0 Å². The summed E-state index contributed by atoms with van der Waals surface area (Å²) in [6.07, 6.45) is 5.07. The highest BCUT2D eigenvalue weighted by atomic mass is 16.5. The first-order chi connectivity index (χ1) is 17.5. The van der Waals surface area contributed by atoms with Crippen molar-refractivity contribution < 1.29 is 23.8 Å². The van der Waals surface area contributed by atoms with Gasteiger partial charge in [-0.05, 0) is 70.2 Å². The molecule has 0 bridgehead atoms. The molecule has 7 nitrogen and oxygen atoms in total. The number of furan rings is 1. The van der Waals surface area contributed by atoms with Crippen LogP contribution in [0.15, 0.2) is 46.9 Å². The Morgan fingerprint density at radius 2 is 1.97 bits per heavy atom. The van der Waals surface area contributed by atoms with Crippen LogP contribution in [0.4, 0.5) is 0 Å². The molecule has 1 fully saturated rings. The number of likely N-dealkylation sites (tertiary alicyclic amines) is 1. The molecular weight excluding hydrogens is 456 g/mol. The van der Waals surface area contributed by atoms with Crippen LogP contribution in [0.5, 0.6) is 5.75 Å². The Kier molecular flexibility index (Phi) is 8.65. The minimum Gasteiger partial charge on any atom is -0.508 e. The summed E-state index contributed by atoms with van der Waals surface area (Å²) < 4.78 is 11.2. The summed E-state index contributed by atoms with van der Waals surface area (Å²) in [5.74, 6) is 0.975. The van der Waals surface area contributed by atoms with Crippen molar-refractivity contribution in [3.05, 3.63) is 53.6 Å². The van der Waals surface area contributed by atoms with Gasteiger partial charge in [0.1, 0.15) is 17.1 Å². The van der Waals surface area contributed by atoms with Crippen LogP contribution >= 0.6 is 0 Å². The van der Waals surface area contributed by atoms with Crippen molar-refractivity contribution in [3.8, 4) is 17.1 Å². The number of carbonyl (C=O) groups is 2. The number of esters is 1. The Hall–Kier alpha value is -3.32. The second kappa shape index (κ2) is 12.1. The molecule has 1 unspecified atom stereocenters. The van der Waals surface area contributed by atoms with Crippen molar-refractivity contribution in [2.75, 3.05) is 33.3 Å². The van der Waals surface area contributed by atoms with Crippen molar-refractivity contribution in [1.82, 2.24) is 10.2 Å². The first-order valence-electron chi connectivity index (χ1n) is 12.9. The van der Waals surface area contributed by atoms with Gasteiger partial charge >= 0.3 is 5.97 Å². The van der Waals surface area contributed by atoms with Gasteiger partial charge in [0.25, 0.3) is 5.91 Å². The first kappa shape index (κ1) is 25.8. The van der Waals surface area contributed by atoms with Crippen LogP contribution in [0, 0.1) is 5.92 Å². The van der Waals surface area contributed by atoms with E-state index in [0.29, 0.717) is 47.7 Å². The number of phenols is 1. The van der Waals surface area contributed by atoms with Crippen LogP contribution < -0.4 is 5.32 Å². The quantitative estimate of drug-likeness (QED) is 0.360. The molecule has 1 aromatic heterocycles. The van der Waals surface area contributed by atoms with Gasteiger partial charge < -0.3 is 24.5 Å². The molecule has 4 rings (SSSR count). The van der Waals surface area contributed by atoms with Crippen LogP contribution in [0.2, 0.25) is 0 Å². The number of carbonyl (C=O) groups excluding carboxylic acids is 2. The van der Waals surface area contributed by atoms with Gasteiger partial charge in [-0.2, -0.15) is 0 Å². The number of amides is 1. The predicted molar refractivity (Wildman–Crippen MR) is 140 cm³/mol. The average Bonchev–Trinajstić information content (AvgIpc) is 3.50. The largest absolute Gasteiger partial charge is 0.508 e. The van der Waals surface area contributed by atoms with E-state index in [1.165, 1.54) is 0 Å². The number of benzene rings is 2. The van der Waals surface area contributed by atoms with E-state index in [2.05, 4.69) is 10.2 Å². The minimum atomic E-state index is -0.232. The molecule has 3 aromatic rings. The Balaban J connectivity index is 1.43. The number of fused-ring (bicyclic) bond motifs is 1. The van der Waals surface area contributed by atoms with E-state index in [9.17, 15) is 14.7 Å². The van der Waals surface area contributed by atoms with Gasteiger partial charge in [0, 0.05) is 36.5 Å². The number of nitrogens with one attached hydrogen (secondary N) is 1. The number of nitrogens with zero attached hydrogens (tertiary/aromatic N) is 1. The molecule has 0 radical (unpaired) electrons. The maximum Gasteiger partial charge on any atom is 0.305 e. The summed E-state index contributed by atoms with van der Waals surface area (Å²) in [4.78, 5) is 27.0. The number of hydrogen-bond donors (Lipinski definition) is 2. The van der Waals surface area contributed by atoms with E-state index in [0.717, 1.165) is 56.4 Å². The molecule has 7 heteroatoms. The molecule has 0 saturated carbocycles. The minimum absolute atomic E-state index is 0.105. The molecule has 2 heterocycles. The zero-order valence-corrected chi connectivity index (χ0v) is 21.2. The fraction of sp³-hybridized carbons (Fsp3) is 0.448. The summed E-state index contributed by atoms with van der Waals surface area (Å²) >= 11 is 0. The SMILES string of the molecule is CCOC(=O)CCCC1CCN(CCCc2c(O)ccc3oc(-c4ccccc4)c(C(=O)NC)c23)C1. The van der Waals surface area contributed by atoms with Gasteiger partial charge in [-0.3, -0.25) is 9.59 Å². The highest BCUT2D eigenvalue weighted by molar-refractivity contribution is 6.12. The number of ether oxygens (including phenoxy) is 1. The van der Waals surface area contributed by atoms with E-state index >= 15 is 0 Å². The third kappa shape index (κ3) is 5.90. The zero-order chi connectivity index (χ0) is 25.5. The second-order valence-electron chi connectivity index (χ2n) is 9.44. The van der Waals surface area contributed by atoms with Crippen molar-refractivity contribution >= 4 is 22.8 Å². The summed E-state index contributed by atoms with van der Waals surface area (Å²) in [6.45, 7) is 5.28. The predicted octanol–water partition coefficient (Wildman–Crippen LogP) is 5.15. The smallest absolute Gasteiger partial charge is 0.305 e. The van der Waals surface area contributed by atoms with E-state index in [1.807, 2.05) is 37.3 Å². The van der Waals surface area contributed by atoms with Gasteiger partial charge in [-0.15, -0.1) is 0 Å². The topological polar surface area (TPSA) is 92.0 Å².